The maximum absolute atomic E-state index is 12.9. The zero-order chi connectivity index (χ0) is 31.7. The smallest absolute Gasteiger partial charge is 0.407 e. The summed E-state index contributed by atoms with van der Waals surface area (Å²) in [6.45, 7) is 13.3. The number of hydrogen-bond acceptors (Lipinski definition) is 9. The molecule has 10 nitrogen and oxygen atoms in total. The highest BCUT2D eigenvalue weighted by atomic mass is 31.2. The summed E-state index contributed by atoms with van der Waals surface area (Å²) in [7, 11) is -0.940. The van der Waals surface area contributed by atoms with E-state index in [0.29, 0.717) is 22.9 Å². The van der Waals surface area contributed by atoms with Crippen molar-refractivity contribution in [1.29, 1.82) is 0 Å². The molecule has 1 aliphatic carbocycles. The van der Waals surface area contributed by atoms with E-state index in [9.17, 15) is 9.36 Å². The minimum absolute atomic E-state index is 0.203. The molecule has 0 unspecified atom stereocenters. The summed E-state index contributed by atoms with van der Waals surface area (Å²) in [5.74, 6) is 1.40. The number of para-hydroxylation sites is 1. The van der Waals surface area contributed by atoms with Gasteiger partial charge >= 0.3 is 6.09 Å². The van der Waals surface area contributed by atoms with Crippen molar-refractivity contribution in [2.24, 2.45) is 5.41 Å². The number of carbonyl (C=O) groups is 1. The first-order chi connectivity index (χ1) is 20.7. The van der Waals surface area contributed by atoms with E-state index in [2.05, 4.69) is 55.9 Å². The fourth-order valence-electron chi connectivity index (χ4n) is 6.26. The fraction of sp³-hybridized carbons (Fsp3) is 0.485. The summed E-state index contributed by atoms with van der Waals surface area (Å²) in [5, 5.41) is 10.4. The first-order valence-corrected chi connectivity index (χ1v) is 17.8. The van der Waals surface area contributed by atoms with Crippen molar-refractivity contribution in [3.05, 3.63) is 54.2 Å². The normalized spacial score (nSPS) is 16.7. The van der Waals surface area contributed by atoms with Gasteiger partial charge in [0.05, 0.1) is 19.0 Å². The molecule has 5 rings (SSSR count). The summed E-state index contributed by atoms with van der Waals surface area (Å²) in [4.78, 5) is 23.7. The molecule has 236 valence electrons. The average molecular weight is 621 g/mol. The largest absolute Gasteiger partial charge is 0.491 e. The standard InChI is InChI=1S/C33H45N6O4P/c1-22-18-23(35-30-34-21-27(42-5)29(38-30)37-25-10-8-9-11-28(25)44(6,7)41)12-13-26(22)39-16-14-33(15-17-39)19-24(20-33)36-31(40)43-32(2,3)4/h8-13,18,21,24H,14-17,19-20H2,1-7H3,(H,36,40)(H2,34,35,37,38). The quantitative estimate of drug-likeness (QED) is 0.234. The van der Waals surface area contributed by atoms with E-state index >= 15 is 0 Å². The van der Waals surface area contributed by atoms with Crippen LogP contribution in [0.15, 0.2) is 48.7 Å². The van der Waals surface area contributed by atoms with Gasteiger partial charge < -0.3 is 34.9 Å². The van der Waals surface area contributed by atoms with Crippen LogP contribution in [0.25, 0.3) is 0 Å². The van der Waals surface area contributed by atoms with Gasteiger partial charge in [-0.25, -0.2) is 9.78 Å². The highest BCUT2D eigenvalue weighted by Crippen LogP contribution is 2.50. The van der Waals surface area contributed by atoms with E-state index in [4.69, 9.17) is 9.47 Å². The van der Waals surface area contributed by atoms with Crippen molar-refractivity contribution in [1.82, 2.24) is 15.3 Å². The molecule has 0 radical (unpaired) electrons. The van der Waals surface area contributed by atoms with Crippen LogP contribution in [0.3, 0.4) is 0 Å². The first-order valence-electron chi connectivity index (χ1n) is 15.2. The first kappa shape index (κ1) is 31.6. The van der Waals surface area contributed by atoms with Gasteiger partial charge in [-0.1, -0.05) is 12.1 Å². The zero-order valence-electron chi connectivity index (χ0n) is 26.9. The van der Waals surface area contributed by atoms with Crippen LogP contribution in [0.2, 0.25) is 0 Å². The molecule has 2 aromatic carbocycles. The SMILES string of the molecule is COc1cnc(Nc2ccc(N3CCC4(CC3)CC(NC(=O)OC(C)(C)C)C4)c(C)c2)nc1Nc1ccccc1P(C)(C)=O. The summed E-state index contributed by atoms with van der Waals surface area (Å²) >= 11 is 0. The second kappa shape index (κ2) is 12.3. The molecule has 3 N–H and O–H groups in total. The molecule has 1 amide bonds. The third-order valence-electron chi connectivity index (χ3n) is 8.41. The van der Waals surface area contributed by atoms with Crippen molar-refractivity contribution >= 4 is 47.4 Å². The number of aromatic nitrogens is 2. The number of carbonyl (C=O) groups excluding carboxylic acids is 1. The zero-order valence-corrected chi connectivity index (χ0v) is 27.8. The Morgan fingerprint density at radius 2 is 1.77 bits per heavy atom. The van der Waals surface area contributed by atoms with Gasteiger partial charge in [-0.15, -0.1) is 0 Å². The average Bonchev–Trinajstić information content (AvgIpc) is 2.92. The Morgan fingerprint density at radius 1 is 1.07 bits per heavy atom. The highest BCUT2D eigenvalue weighted by Gasteiger charge is 2.46. The molecule has 1 saturated carbocycles. The number of aryl methyl sites for hydroxylation is 1. The molecule has 2 heterocycles. The molecule has 2 aliphatic rings. The number of ether oxygens (including phenoxy) is 2. The Bertz CT molecular complexity index is 1550. The molecule has 0 bridgehead atoms. The maximum Gasteiger partial charge on any atom is 0.407 e. The monoisotopic (exact) mass is 620 g/mol. The molecule has 11 heteroatoms. The number of rotatable bonds is 8. The molecule has 1 spiro atoms. The summed E-state index contributed by atoms with van der Waals surface area (Å²) in [5.41, 5.74) is 3.85. The Morgan fingerprint density at radius 3 is 2.41 bits per heavy atom. The van der Waals surface area contributed by atoms with E-state index in [1.165, 1.54) is 11.3 Å². The fourth-order valence-corrected chi connectivity index (χ4v) is 7.41. The van der Waals surface area contributed by atoms with Gasteiger partial charge in [-0.2, -0.15) is 4.98 Å². The van der Waals surface area contributed by atoms with E-state index in [0.717, 1.165) is 55.5 Å². The highest BCUT2D eigenvalue weighted by molar-refractivity contribution is 7.70. The number of alkyl carbamates (subject to hydrolysis) is 1. The van der Waals surface area contributed by atoms with Crippen molar-refractivity contribution in [3.8, 4) is 5.75 Å². The van der Waals surface area contributed by atoms with Gasteiger partial charge in [-0.05, 0) is 108 Å². The number of piperidine rings is 1. The predicted molar refractivity (Wildman–Crippen MR) is 178 cm³/mol. The molecule has 3 aromatic rings. The molecular weight excluding hydrogens is 575 g/mol. The van der Waals surface area contributed by atoms with Crippen molar-refractivity contribution in [2.45, 2.75) is 65.0 Å². The molecule has 1 aromatic heterocycles. The van der Waals surface area contributed by atoms with Gasteiger partial charge in [0, 0.05) is 35.8 Å². The van der Waals surface area contributed by atoms with Crippen LogP contribution in [-0.4, -0.2) is 61.2 Å². The lowest BCUT2D eigenvalue weighted by Gasteiger charge is -2.52. The van der Waals surface area contributed by atoms with Gasteiger partial charge in [0.25, 0.3) is 0 Å². The second-order valence-corrected chi connectivity index (χ2v) is 16.7. The predicted octanol–water partition coefficient (Wildman–Crippen LogP) is 6.80. The second-order valence-electron chi connectivity index (χ2n) is 13.5. The number of benzene rings is 2. The van der Waals surface area contributed by atoms with Gasteiger partial charge in [0.1, 0.15) is 12.7 Å². The third kappa shape index (κ3) is 7.46. The van der Waals surface area contributed by atoms with Crippen LogP contribution in [0.4, 0.5) is 33.6 Å². The summed E-state index contributed by atoms with van der Waals surface area (Å²) < 4.78 is 23.8. The van der Waals surface area contributed by atoms with Gasteiger partial charge in [-0.3, -0.25) is 0 Å². The minimum Gasteiger partial charge on any atom is -0.491 e. The maximum atomic E-state index is 12.9. The number of hydrogen-bond donors (Lipinski definition) is 3. The Kier molecular flexibility index (Phi) is 8.85. The Balaban J connectivity index is 1.20. The number of methoxy groups -OCH3 is 1. The molecule has 44 heavy (non-hydrogen) atoms. The number of amides is 1. The lowest BCUT2D eigenvalue weighted by atomic mass is 9.60. The molecule has 1 aliphatic heterocycles. The molecule has 0 atom stereocenters. The molecule has 1 saturated heterocycles. The van der Waals surface area contributed by atoms with Crippen LogP contribution >= 0.6 is 7.14 Å². The third-order valence-corrected chi connectivity index (χ3v) is 9.96. The number of nitrogens with zero attached hydrogens (tertiary/aromatic N) is 3. The molecule has 2 fully saturated rings. The lowest BCUT2D eigenvalue weighted by Crippen LogP contribution is -2.55. The van der Waals surface area contributed by atoms with E-state index in [1.807, 2.05) is 45.0 Å². The van der Waals surface area contributed by atoms with Crippen molar-refractivity contribution < 1.29 is 18.8 Å². The van der Waals surface area contributed by atoms with Crippen LogP contribution in [0, 0.1) is 12.3 Å². The lowest BCUT2D eigenvalue weighted by molar-refractivity contribution is 0.0234. The van der Waals surface area contributed by atoms with Crippen molar-refractivity contribution in [2.75, 3.05) is 49.1 Å². The van der Waals surface area contributed by atoms with Crippen LogP contribution < -0.4 is 30.9 Å². The minimum atomic E-state index is -2.51. The van der Waals surface area contributed by atoms with Crippen molar-refractivity contribution in [3.63, 3.8) is 0 Å². The summed E-state index contributed by atoms with van der Waals surface area (Å²) in [6.07, 6.45) is 5.56. The molecular formula is C33H45N6O4P. The van der Waals surface area contributed by atoms with E-state index in [-0.39, 0.29) is 12.1 Å². The Hall–Kier alpha value is -3.78. The number of nitrogens with one attached hydrogen (secondary N) is 3. The van der Waals surface area contributed by atoms with Crippen LogP contribution in [-0.2, 0) is 9.30 Å². The van der Waals surface area contributed by atoms with Crippen LogP contribution in [0.5, 0.6) is 5.75 Å². The topological polar surface area (TPSA) is 118 Å². The summed E-state index contributed by atoms with van der Waals surface area (Å²) in [6, 6.07) is 14.1. The van der Waals surface area contributed by atoms with E-state index in [1.54, 1.807) is 26.6 Å². The van der Waals surface area contributed by atoms with E-state index < -0.39 is 12.7 Å². The van der Waals surface area contributed by atoms with Gasteiger partial charge in [0.15, 0.2) is 11.6 Å². The van der Waals surface area contributed by atoms with Crippen LogP contribution in [0.1, 0.15) is 52.0 Å². The Labute approximate surface area is 260 Å². The van der Waals surface area contributed by atoms with Gasteiger partial charge in [0.2, 0.25) is 5.95 Å². The number of anilines is 5.